The number of hydrogen-bond acceptors (Lipinski definition) is 8. The molecular formula is C24H36BrN3O6S. The molecule has 3 unspecified atom stereocenters. The average Bonchev–Trinajstić information content (AvgIpc) is 3.45. The zero-order valence-corrected chi connectivity index (χ0v) is 22.8. The van der Waals surface area contributed by atoms with Gasteiger partial charge >= 0.3 is 5.97 Å². The molecule has 0 aliphatic carbocycles. The number of carbonyl (C=O) groups is 3. The summed E-state index contributed by atoms with van der Waals surface area (Å²) in [7, 11) is 0. The van der Waals surface area contributed by atoms with Crippen molar-refractivity contribution in [2.75, 3.05) is 59.2 Å². The molecule has 4 aliphatic rings. The maximum atomic E-state index is 14.2. The van der Waals surface area contributed by atoms with E-state index in [-0.39, 0.29) is 41.1 Å². The zero-order valence-electron chi connectivity index (χ0n) is 20.4. The van der Waals surface area contributed by atoms with Gasteiger partial charge in [0.2, 0.25) is 11.8 Å². The van der Waals surface area contributed by atoms with Crippen LogP contribution in [0.4, 0.5) is 0 Å². The third-order valence-corrected chi connectivity index (χ3v) is 10.9. The van der Waals surface area contributed by atoms with Gasteiger partial charge in [-0.15, -0.1) is 18.3 Å². The Morgan fingerprint density at radius 3 is 2.77 bits per heavy atom. The van der Waals surface area contributed by atoms with Crippen molar-refractivity contribution in [1.82, 2.24) is 14.7 Å². The number of aliphatic hydroxyl groups excluding tert-OH is 1. The summed E-state index contributed by atoms with van der Waals surface area (Å²) in [6.07, 6.45) is 2.31. The fourth-order valence-electron chi connectivity index (χ4n) is 6.12. The number of carbonyl (C=O) groups excluding carboxylic acids is 3. The van der Waals surface area contributed by atoms with E-state index in [4.69, 9.17) is 9.47 Å². The van der Waals surface area contributed by atoms with Gasteiger partial charge in [-0.1, -0.05) is 22.0 Å². The molecule has 11 heteroatoms. The van der Waals surface area contributed by atoms with Crippen molar-refractivity contribution in [3.63, 3.8) is 0 Å². The third-order valence-electron chi connectivity index (χ3n) is 7.71. The van der Waals surface area contributed by atoms with E-state index < -0.39 is 28.7 Å². The van der Waals surface area contributed by atoms with Crippen LogP contribution < -0.4 is 0 Å². The number of halogens is 1. The van der Waals surface area contributed by atoms with Crippen LogP contribution in [-0.4, -0.2) is 124 Å². The lowest BCUT2D eigenvalue weighted by molar-refractivity contribution is -0.154. The number of alkyl halides is 1. The second-order valence-corrected chi connectivity index (χ2v) is 12.4. The molecule has 4 heterocycles. The predicted molar refractivity (Wildman–Crippen MR) is 136 cm³/mol. The Balaban J connectivity index is 1.66. The molecule has 4 fully saturated rings. The van der Waals surface area contributed by atoms with Gasteiger partial charge in [0.05, 0.1) is 49.1 Å². The van der Waals surface area contributed by atoms with Crippen molar-refractivity contribution in [3.05, 3.63) is 12.7 Å². The maximum Gasteiger partial charge on any atom is 0.310 e. The highest BCUT2D eigenvalue weighted by molar-refractivity contribution is 9.09. The number of esters is 1. The number of thioether (sulfide) groups is 1. The average molecular weight is 575 g/mol. The van der Waals surface area contributed by atoms with Crippen LogP contribution in [0.15, 0.2) is 12.7 Å². The number of fused-ring (bicyclic) bond motifs is 1. The van der Waals surface area contributed by atoms with E-state index in [1.54, 1.807) is 41.5 Å². The molecule has 2 bridgehead atoms. The second kappa shape index (κ2) is 11.1. The van der Waals surface area contributed by atoms with Gasteiger partial charge in [0.15, 0.2) is 0 Å². The zero-order chi connectivity index (χ0) is 25.3. The van der Waals surface area contributed by atoms with Crippen molar-refractivity contribution in [3.8, 4) is 0 Å². The molecule has 4 saturated heterocycles. The van der Waals surface area contributed by atoms with Crippen molar-refractivity contribution >= 4 is 45.5 Å². The van der Waals surface area contributed by atoms with Crippen molar-refractivity contribution < 1.29 is 29.0 Å². The first kappa shape index (κ1) is 26.9. The van der Waals surface area contributed by atoms with Crippen LogP contribution in [0.3, 0.4) is 0 Å². The van der Waals surface area contributed by atoms with Crippen LogP contribution in [0.5, 0.6) is 0 Å². The quantitative estimate of drug-likeness (QED) is 0.232. The summed E-state index contributed by atoms with van der Waals surface area (Å²) >= 11 is 5.32. The summed E-state index contributed by atoms with van der Waals surface area (Å²) in [4.78, 5) is 46.7. The summed E-state index contributed by atoms with van der Waals surface area (Å²) in [6.45, 7) is 11.9. The van der Waals surface area contributed by atoms with Gasteiger partial charge in [-0.05, 0) is 20.3 Å². The van der Waals surface area contributed by atoms with Gasteiger partial charge in [0.25, 0.3) is 0 Å². The van der Waals surface area contributed by atoms with Gasteiger partial charge in [0.1, 0.15) is 6.04 Å². The topological polar surface area (TPSA) is 99.6 Å². The number of ether oxygens (including phenoxy) is 2. The van der Waals surface area contributed by atoms with Gasteiger partial charge in [-0.25, -0.2) is 0 Å². The van der Waals surface area contributed by atoms with Gasteiger partial charge in [-0.2, -0.15) is 0 Å². The Bertz CT molecular complexity index is 842. The Labute approximate surface area is 219 Å². The number of morpholine rings is 1. The highest BCUT2D eigenvalue weighted by Crippen LogP contribution is 2.68. The van der Waals surface area contributed by atoms with Crippen LogP contribution in [-0.2, 0) is 23.9 Å². The first-order valence-electron chi connectivity index (χ1n) is 12.4. The molecule has 7 atom stereocenters. The molecular weight excluding hydrogens is 538 g/mol. The minimum Gasteiger partial charge on any atom is -0.466 e. The molecule has 0 aromatic carbocycles. The van der Waals surface area contributed by atoms with E-state index >= 15 is 0 Å². The Morgan fingerprint density at radius 2 is 2.14 bits per heavy atom. The minimum absolute atomic E-state index is 0.00755. The van der Waals surface area contributed by atoms with Crippen molar-refractivity contribution in [2.45, 2.75) is 47.2 Å². The molecule has 0 aromatic rings. The summed E-state index contributed by atoms with van der Waals surface area (Å²) in [5.74, 6) is -2.01. The molecule has 0 aromatic heterocycles. The molecule has 4 rings (SSSR count). The van der Waals surface area contributed by atoms with Crippen molar-refractivity contribution in [1.29, 1.82) is 0 Å². The van der Waals surface area contributed by atoms with Gasteiger partial charge < -0.3 is 24.4 Å². The summed E-state index contributed by atoms with van der Waals surface area (Å²) in [5.41, 5.74) is 0. The third kappa shape index (κ3) is 4.67. The first-order chi connectivity index (χ1) is 16.8. The largest absolute Gasteiger partial charge is 0.466 e. The minimum atomic E-state index is -0.763. The highest BCUT2D eigenvalue weighted by Gasteiger charge is 2.76. The van der Waals surface area contributed by atoms with Crippen LogP contribution in [0.2, 0.25) is 0 Å². The smallest absolute Gasteiger partial charge is 0.310 e. The second-order valence-electron chi connectivity index (χ2n) is 9.72. The van der Waals surface area contributed by atoms with Crippen LogP contribution >= 0.6 is 27.7 Å². The van der Waals surface area contributed by atoms with Crippen LogP contribution in [0.1, 0.15) is 20.3 Å². The number of nitrogens with zero attached hydrogens (tertiary/aromatic N) is 3. The lowest BCUT2D eigenvalue weighted by atomic mass is 9.71. The van der Waals surface area contributed by atoms with Crippen LogP contribution in [0.25, 0.3) is 0 Å². The molecule has 0 radical (unpaired) electrons. The first-order valence-corrected chi connectivity index (χ1v) is 14.2. The van der Waals surface area contributed by atoms with E-state index in [2.05, 4.69) is 27.4 Å². The van der Waals surface area contributed by atoms with E-state index in [9.17, 15) is 19.5 Å². The Morgan fingerprint density at radius 1 is 1.43 bits per heavy atom. The van der Waals surface area contributed by atoms with E-state index in [1.165, 1.54) is 0 Å². The molecule has 1 spiro atoms. The number of amides is 2. The Hall–Kier alpha value is -1.14. The molecule has 35 heavy (non-hydrogen) atoms. The highest BCUT2D eigenvalue weighted by atomic mass is 79.9. The summed E-state index contributed by atoms with van der Waals surface area (Å²) in [6, 6.07) is -1.31. The van der Waals surface area contributed by atoms with Gasteiger partial charge in [-0.3, -0.25) is 19.3 Å². The van der Waals surface area contributed by atoms with Gasteiger partial charge in [0, 0.05) is 42.8 Å². The number of aliphatic hydroxyl groups is 1. The normalized spacial score (nSPS) is 35.1. The fraction of sp³-hybridized carbons (Fsp3) is 0.792. The Kier molecular flexibility index (Phi) is 8.52. The molecule has 4 aliphatic heterocycles. The molecule has 1 N–H and O–H groups in total. The lowest BCUT2D eigenvalue weighted by Crippen LogP contribution is -2.58. The molecule has 9 nitrogen and oxygen atoms in total. The van der Waals surface area contributed by atoms with E-state index in [0.29, 0.717) is 39.3 Å². The van der Waals surface area contributed by atoms with E-state index in [0.717, 1.165) is 13.1 Å². The number of likely N-dealkylation sites (tertiary alicyclic amines) is 1. The molecule has 196 valence electrons. The van der Waals surface area contributed by atoms with E-state index in [1.807, 2.05) is 0 Å². The SMILES string of the molecule is C=CCN(CCN1CCOCC1)C(=O)C1N([C@H](C)CO)C(=O)[C@@H]2[C@H](C(=O)OCC)[C@H]3SC12CC3Br. The maximum absolute atomic E-state index is 14.2. The fourth-order valence-corrected chi connectivity index (χ4v) is 9.71. The predicted octanol–water partition coefficient (Wildman–Crippen LogP) is 0.742. The monoisotopic (exact) mass is 573 g/mol. The number of hydrogen-bond donors (Lipinski definition) is 1. The standard InChI is InChI=1S/C24H36BrN3O6S/c1-4-6-27(8-7-26-9-11-33-12-10-26)22(31)20-24-13-16(25)19(35-24)17(23(32)34-5-2)18(24)21(30)28(20)15(3)14-29/h4,15-20,29H,1,5-14H2,2-3H3/t15-,16?,17+,18+,19+,20?,24?/m1/s1. The lowest BCUT2D eigenvalue weighted by Gasteiger charge is -2.39. The molecule has 0 saturated carbocycles. The van der Waals surface area contributed by atoms with Crippen molar-refractivity contribution in [2.24, 2.45) is 11.8 Å². The summed E-state index contributed by atoms with van der Waals surface area (Å²) in [5, 5.41) is 9.88. The van der Waals surface area contributed by atoms with Crippen LogP contribution in [0, 0.1) is 11.8 Å². The number of rotatable bonds is 10. The molecule has 2 amide bonds. The summed E-state index contributed by atoms with van der Waals surface area (Å²) < 4.78 is 10.1.